The molecule has 0 saturated carbocycles. The molecular weight excluding hydrogens is 382 g/mol. The number of fused-ring (bicyclic) bond motifs is 1. The van der Waals surface area contributed by atoms with Gasteiger partial charge < -0.3 is 10.2 Å². The second-order valence-corrected chi connectivity index (χ2v) is 8.02. The van der Waals surface area contributed by atoms with Crippen LogP contribution in [0.5, 0.6) is 0 Å². The van der Waals surface area contributed by atoms with Gasteiger partial charge in [-0.3, -0.25) is 9.78 Å². The maximum Gasteiger partial charge on any atom is 0.257 e. The molecule has 0 aliphatic carbocycles. The van der Waals surface area contributed by atoms with Gasteiger partial charge in [0.2, 0.25) is 0 Å². The van der Waals surface area contributed by atoms with Crippen molar-refractivity contribution in [2.24, 2.45) is 0 Å². The third-order valence-electron chi connectivity index (χ3n) is 5.60. The Morgan fingerprint density at radius 3 is 2.52 bits per heavy atom. The molecule has 0 unspecified atom stereocenters. The van der Waals surface area contributed by atoms with Gasteiger partial charge in [-0.15, -0.1) is 0 Å². The second kappa shape index (κ2) is 8.83. The monoisotopic (exact) mass is 407 g/mol. The van der Waals surface area contributed by atoms with E-state index in [-0.39, 0.29) is 5.91 Å². The number of nitrogens with zero attached hydrogens (tertiary/aromatic N) is 2. The van der Waals surface area contributed by atoms with E-state index in [1.54, 1.807) is 6.20 Å². The number of halogens is 1. The molecule has 1 aromatic heterocycles. The van der Waals surface area contributed by atoms with E-state index in [2.05, 4.69) is 41.5 Å². The van der Waals surface area contributed by atoms with E-state index in [1.807, 2.05) is 23.1 Å². The summed E-state index contributed by atoms with van der Waals surface area (Å²) < 4.78 is 0. The lowest BCUT2D eigenvalue weighted by Crippen LogP contribution is -2.36. The van der Waals surface area contributed by atoms with Crippen LogP contribution in [0.3, 0.4) is 0 Å². The summed E-state index contributed by atoms with van der Waals surface area (Å²) in [4.78, 5) is 19.7. The topological polar surface area (TPSA) is 45.2 Å². The highest BCUT2D eigenvalue weighted by Gasteiger charge is 2.22. The minimum Gasteiger partial charge on any atom is -0.380 e. The van der Waals surface area contributed by atoms with Gasteiger partial charge in [-0.25, -0.2) is 0 Å². The Hall–Kier alpha value is -2.59. The zero-order valence-electron chi connectivity index (χ0n) is 16.7. The van der Waals surface area contributed by atoms with Crippen molar-refractivity contribution in [1.82, 2.24) is 9.88 Å². The molecule has 2 heterocycles. The summed E-state index contributed by atoms with van der Waals surface area (Å²) in [6.45, 7) is 4.41. The third-order valence-corrected chi connectivity index (χ3v) is 5.84. The second-order valence-electron chi connectivity index (χ2n) is 7.58. The largest absolute Gasteiger partial charge is 0.380 e. The number of pyridine rings is 1. The Labute approximate surface area is 176 Å². The van der Waals surface area contributed by atoms with Crippen molar-refractivity contribution in [2.45, 2.75) is 39.2 Å². The van der Waals surface area contributed by atoms with Crippen LogP contribution in [0.25, 0.3) is 10.9 Å². The number of aryl methyl sites for hydroxylation is 1. The number of carbonyl (C=O) groups excluding carboxylic acids is 1. The lowest BCUT2D eigenvalue weighted by molar-refractivity contribution is 0.0725. The number of piperidine rings is 1. The summed E-state index contributed by atoms with van der Waals surface area (Å²) >= 11 is 6.27. The lowest BCUT2D eigenvalue weighted by Gasteiger charge is -2.27. The van der Waals surface area contributed by atoms with E-state index in [4.69, 9.17) is 11.6 Å². The Morgan fingerprint density at radius 1 is 1.07 bits per heavy atom. The van der Waals surface area contributed by atoms with Crippen molar-refractivity contribution in [3.8, 4) is 0 Å². The quantitative estimate of drug-likeness (QED) is 0.591. The number of amides is 1. The van der Waals surface area contributed by atoms with Crippen molar-refractivity contribution in [2.75, 3.05) is 18.4 Å². The minimum atomic E-state index is 0.0444. The maximum absolute atomic E-state index is 13.3. The summed E-state index contributed by atoms with van der Waals surface area (Å²) in [5.74, 6) is 0.0444. The van der Waals surface area contributed by atoms with Crippen molar-refractivity contribution in [3.63, 3.8) is 0 Å². The number of aromatic nitrogens is 1. The van der Waals surface area contributed by atoms with Crippen molar-refractivity contribution in [1.29, 1.82) is 0 Å². The van der Waals surface area contributed by atoms with Crippen LogP contribution in [0.1, 0.15) is 47.7 Å². The molecule has 3 aromatic rings. The highest BCUT2D eigenvalue weighted by molar-refractivity contribution is 6.31. The number of carbonyl (C=O) groups is 1. The van der Waals surface area contributed by atoms with Crippen LogP contribution in [-0.2, 0) is 13.0 Å². The van der Waals surface area contributed by atoms with Crippen molar-refractivity contribution < 1.29 is 4.79 Å². The molecule has 4 rings (SSSR count). The average Bonchev–Trinajstić information content (AvgIpc) is 2.77. The maximum atomic E-state index is 13.3. The summed E-state index contributed by atoms with van der Waals surface area (Å²) in [6.07, 6.45) is 6.04. The molecule has 0 bridgehead atoms. The van der Waals surface area contributed by atoms with Gasteiger partial charge in [0.15, 0.2) is 0 Å². The smallest absolute Gasteiger partial charge is 0.257 e. The van der Waals surface area contributed by atoms with Gasteiger partial charge in [0.05, 0.1) is 16.8 Å². The van der Waals surface area contributed by atoms with E-state index in [9.17, 15) is 4.79 Å². The van der Waals surface area contributed by atoms with Gasteiger partial charge in [-0.2, -0.15) is 0 Å². The Morgan fingerprint density at radius 2 is 1.79 bits per heavy atom. The molecule has 29 heavy (non-hydrogen) atoms. The fourth-order valence-corrected chi connectivity index (χ4v) is 4.04. The summed E-state index contributed by atoms with van der Waals surface area (Å²) in [5.41, 5.74) is 4.74. The molecule has 1 saturated heterocycles. The normalized spacial score (nSPS) is 14.2. The molecule has 1 amide bonds. The highest BCUT2D eigenvalue weighted by atomic mass is 35.5. The van der Waals surface area contributed by atoms with Crippen molar-refractivity contribution in [3.05, 3.63) is 70.4 Å². The minimum absolute atomic E-state index is 0.0444. The molecular formula is C24H26ClN3O. The van der Waals surface area contributed by atoms with E-state index >= 15 is 0 Å². The van der Waals surface area contributed by atoms with Gasteiger partial charge in [0.25, 0.3) is 5.91 Å². The van der Waals surface area contributed by atoms with Gasteiger partial charge in [0, 0.05) is 36.2 Å². The molecule has 1 fully saturated rings. The first kappa shape index (κ1) is 19.7. The average molecular weight is 408 g/mol. The van der Waals surface area contributed by atoms with Crippen LogP contribution >= 0.6 is 11.6 Å². The number of hydrogen-bond acceptors (Lipinski definition) is 3. The van der Waals surface area contributed by atoms with Crippen LogP contribution in [0, 0.1) is 0 Å². The molecule has 5 heteroatoms. The SMILES string of the molecule is CCc1ccc(CNc2c(C(=O)N3CCCCC3)cnc3ccc(Cl)cc23)cc1. The van der Waals surface area contributed by atoms with E-state index in [0.717, 1.165) is 48.9 Å². The lowest BCUT2D eigenvalue weighted by atomic mass is 10.1. The summed E-state index contributed by atoms with van der Waals surface area (Å²) in [7, 11) is 0. The predicted octanol–water partition coefficient (Wildman–Crippen LogP) is 5.69. The van der Waals surface area contributed by atoms with E-state index < -0.39 is 0 Å². The first-order valence-electron chi connectivity index (χ1n) is 10.3. The number of likely N-dealkylation sites (tertiary alicyclic amines) is 1. The fourth-order valence-electron chi connectivity index (χ4n) is 3.87. The van der Waals surface area contributed by atoms with Crippen molar-refractivity contribution >= 4 is 34.1 Å². The van der Waals surface area contributed by atoms with Crippen LogP contribution < -0.4 is 5.32 Å². The number of hydrogen-bond donors (Lipinski definition) is 1. The fraction of sp³-hybridized carbons (Fsp3) is 0.333. The number of nitrogens with one attached hydrogen (secondary N) is 1. The number of rotatable bonds is 5. The molecule has 1 N–H and O–H groups in total. The van der Waals surface area contributed by atoms with Crippen LogP contribution in [0.15, 0.2) is 48.7 Å². The first-order valence-corrected chi connectivity index (χ1v) is 10.7. The first-order chi connectivity index (χ1) is 14.2. The number of anilines is 1. The van der Waals surface area contributed by atoms with Crippen LogP contribution in [0.2, 0.25) is 5.02 Å². The number of benzene rings is 2. The van der Waals surface area contributed by atoms with E-state index in [1.165, 1.54) is 17.5 Å². The van der Waals surface area contributed by atoms with Gasteiger partial charge in [-0.1, -0.05) is 42.8 Å². The highest BCUT2D eigenvalue weighted by Crippen LogP contribution is 2.30. The molecule has 1 aliphatic heterocycles. The molecule has 1 aliphatic rings. The third kappa shape index (κ3) is 4.38. The predicted molar refractivity (Wildman–Crippen MR) is 120 cm³/mol. The van der Waals surface area contributed by atoms with Crippen LogP contribution in [0.4, 0.5) is 5.69 Å². The van der Waals surface area contributed by atoms with Crippen LogP contribution in [-0.4, -0.2) is 28.9 Å². The molecule has 2 aromatic carbocycles. The van der Waals surface area contributed by atoms with Gasteiger partial charge in [0.1, 0.15) is 0 Å². The molecule has 4 nitrogen and oxygen atoms in total. The summed E-state index contributed by atoms with van der Waals surface area (Å²) in [6, 6.07) is 14.2. The Bertz CT molecular complexity index is 1010. The molecule has 0 atom stereocenters. The molecule has 0 spiro atoms. The zero-order valence-corrected chi connectivity index (χ0v) is 17.5. The van der Waals surface area contributed by atoms with E-state index in [0.29, 0.717) is 17.1 Å². The van der Waals surface area contributed by atoms with Gasteiger partial charge in [-0.05, 0) is 55.0 Å². The standard InChI is InChI=1S/C24H26ClN3O/c1-2-17-6-8-18(9-7-17)15-27-23-20-14-19(25)10-11-22(20)26-16-21(23)24(29)28-12-4-3-5-13-28/h6-11,14,16H,2-5,12-13,15H2,1H3,(H,26,27). The zero-order chi connectivity index (χ0) is 20.2. The molecule has 150 valence electrons. The Kier molecular flexibility index (Phi) is 6.00. The van der Waals surface area contributed by atoms with Gasteiger partial charge >= 0.3 is 0 Å². The Balaban J connectivity index is 1.69. The molecule has 0 radical (unpaired) electrons. The summed E-state index contributed by atoms with van der Waals surface area (Å²) in [5, 5.41) is 5.03.